The van der Waals surface area contributed by atoms with Gasteiger partial charge in [0.05, 0.1) is 5.57 Å². The van der Waals surface area contributed by atoms with E-state index in [1.54, 1.807) is 0 Å². The minimum Gasteiger partial charge on any atom is -0.382 e. The largest absolute Gasteiger partial charge is 0.382 e. The molecule has 2 aromatic carbocycles. The molecule has 164 valence electrons. The van der Waals surface area contributed by atoms with Gasteiger partial charge in [0.1, 0.15) is 5.70 Å². The molecule has 1 aliphatic rings. The quantitative estimate of drug-likeness (QED) is 0.424. The number of hydrogen-bond donors (Lipinski definition) is 0. The van der Waals surface area contributed by atoms with Crippen LogP contribution in [0.5, 0.6) is 0 Å². The van der Waals surface area contributed by atoms with E-state index < -0.39 is 0 Å². The summed E-state index contributed by atoms with van der Waals surface area (Å²) in [5.41, 5.74) is 5.08. The lowest BCUT2D eigenvalue weighted by Crippen LogP contribution is -2.36. The molecule has 0 aromatic heterocycles. The number of aryl methyl sites for hydroxylation is 2. The molecule has 5 heteroatoms. The fourth-order valence-electron chi connectivity index (χ4n) is 4.02. The zero-order valence-electron chi connectivity index (χ0n) is 19.0. The van der Waals surface area contributed by atoms with Gasteiger partial charge in [0.2, 0.25) is 0 Å². The molecular weight excluding hydrogens is 388 g/mol. The van der Waals surface area contributed by atoms with E-state index in [4.69, 9.17) is 4.74 Å². The molecule has 0 unspecified atom stereocenters. The standard InChI is InChI=1S/C26H32N2O3/c1-5-27(18-21-11-8-7-9-12-21)24-23(22-14-13-19(3)17-20(22)4)25(29)28(26(24)30)15-10-16-31-6-2/h7-9,11-14,17H,5-6,10,15-16,18H2,1-4H3. The summed E-state index contributed by atoms with van der Waals surface area (Å²) in [5, 5.41) is 0. The van der Waals surface area contributed by atoms with Crippen molar-refractivity contribution in [3.05, 3.63) is 76.5 Å². The number of ether oxygens (including phenoxy) is 1. The third-order valence-electron chi connectivity index (χ3n) is 5.58. The van der Waals surface area contributed by atoms with Gasteiger partial charge in [-0.15, -0.1) is 0 Å². The zero-order valence-corrected chi connectivity index (χ0v) is 19.0. The fraction of sp³-hybridized carbons (Fsp3) is 0.385. The van der Waals surface area contributed by atoms with Gasteiger partial charge in [0.25, 0.3) is 11.8 Å². The van der Waals surface area contributed by atoms with E-state index in [9.17, 15) is 9.59 Å². The zero-order chi connectivity index (χ0) is 22.4. The Morgan fingerprint density at radius 3 is 2.35 bits per heavy atom. The van der Waals surface area contributed by atoms with Crippen LogP contribution in [0.2, 0.25) is 0 Å². The van der Waals surface area contributed by atoms with Gasteiger partial charge in [-0.1, -0.05) is 54.1 Å². The Kier molecular flexibility index (Phi) is 7.64. The van der Waals surface area contributed by atoms with E-state index in [1.807, 2.05) is 75.1 Å². The lowest BCUT2D eigenvalue weighted by Gasteiger charge is -2.25. The van der Waals surface area contributed by atoms with Crippen LogP contribution in [-0.4, -0.2) is 47.9 Å². The van der Waals surface area contributed by atoms with Gasteiger partial charge in [-0.2, -0.15) is 0 Å². The summed E-state index contributed by atoms with van der Waals surface area (Å²) in [7, 11) is 0. The third kappa shape index (κ3) is 5.05. The number of carbonyl (C=O) groups is 2. The van der Waals surface area contributed by atoms with Crippen LogP contribution in [0.4, 0.5) is 0 Å². The van der Waals surface area contributed by atoms with Gasteiger partial charge in [-0.05, 0) is 50.8 Å². The summed E-state index contributed by atoms with van der Waals surface area (Å²) in [4.78, 5) is 30.4. The molecule has 31 heavy (non-hydrogen) atoms. The topological polar surface area (TPSA) is 49.9 Å². The third-order valence-corrected chi connectivity index (χ3v) is 5.58. The molecule has 0 radical (unpaired) electrons. The second kappa shape index (κ2) is 10.4. The van der Waals surface area contributed by atoms with E-state index in [1.165, 1.54) is 4.90 Å². The molecule has 0 N–H and O–H groups in total. The Morgan fingerprint density at radius 1 is 0.968 bits per heavy atom. The highest BCUT2D eigenvalue weighted by molar-refractivity contribution is 6.35. The van der Waals surface area contributed by atoms with Crippen LogP contribution in [0.15, 0.2) is 54.2 Å². The molecule has 3 rings (SSSR count). The molecule has 0 saturated carbocycles. The number of carbonyl (C=O) groups excluding carboxylic acids is 2. The number of imide groups is 1. The Balaban J connectivity index is 2.02. The van der Waals surface area contributed by atoms with Crippen LogP contribution in [0.25, 0.3) is 5.57 Å². The fourth-order valence-corrected chi connectivity index (χ4v) is 4.02. The maximum Gasteiger partial charge on any atom is 0.277 e. The lowest BCUT2D eigenvalue weighted by molar-refractivity contribution is -0.137. The summed E-state index contributed by atoms with van der Waals surface area (Å²) < 4.78 is 5.41. The first-order valence-electron chi connectivity index (χ1n) is 11.0. The Morgan fingerprint density at radius 2 is 1.71 bits per heavy atom. The van der Waals surface area contributed by atoms with Gasteiger partial charge in [0.15, 0.2) is 0 Å². The number of benzene rings is 2. The van der Waals surface area contributed by atoms with E-state index in [-0.39, 0.29) is 11.8 Å². The second-order valence-corrected chi connectivity index (χ2v) is 7.85. The molecule has 1 heterocycles. The van der Waals surface area contributed by atoms with Crippen LogP contribution in [0, 0.1) is 13.8 Å². The van der Waals surface area contributed by atoms with Crippen LogP contribution in [-0.2, 0) is 20.9 Å². The highest BCUT2D eigenvalue weighted by Gasteiger charge is 2.41. The minimum absolute atomic E-state index is 0.213. The van der Waals surface area contributed by atoms with Crippen molar-refractivity contribution >= 4 is 17.4 Å². The van der Waals surface area contributed by atoms with Crippen molar-refractivity contribution in [1.82, 2.24) is 9.80 Å². The van der Waals surface area contributed by atoms with Crippen molar-refractivity contribution in [3.8, 4) is 0 Å². The Hall–Kier alpha value is -2.92. The average Bonchev–Trinajstić information content (AvgIpc) is 3.00. The lowest BCUT2D eigenvalue weighted by atomic mass is 9.97. The first kappa shape index (κ1) is 22.8. The van der Waals surface area contributed by atoms with Gasteiger partial charge in [-0.3, -0.25) is 14.5 Å². The van der Waals surface area contributed by atoms with Crippen molar-refractivity contribution in [1.29, 1.82) is 0 Å². The smallest absolute Gasteiger partial charge is 0.277 e. The van der Waals surface area contributed by atoms with Gasteiger partial charge >= 0.3 is 0 Å². The van der Waals surface area contributed by atoms with Crippen molar-refractivity contribution in [2.75, 3.05) is 26.3 Å². The van der Waals surface area contributed by atoms with Crippen molar-refractivity contribution in [3.63, 3.8) is 0 Å². The number of likely N-dealkylation sites (N-methyl/N-ethyl adjacent to an activating group) is 1. The van der Waals surface area contributed by atoms with Crippen LogP contribution in [0.3, 0.4) is 0 Å². The van der Waals surface area contributed by atoms with Gasteiger partial charge in [0, 0.05) is 32.8 Å². The summed E-state index contributed by atoms with van der Waals surface area (Å²) in [6.45, 7) is 10.7. The van der Waals surface area contributed by atoms with Gasteiger partial charge in [-0.25, -0.2) is 0 Å². The number of nitrogens with zero attached hydrogens (tertiary/aromatic N) is 2. The molecule has 5 nitrogen and oxygen atoms in total. The van der Waals surface area contributed by atoms with Gasteiger partial charge < -0.3 is 9.64 Å². The van der Waals surface area contributed by atoms with Crippen molar-refractivity contribution in [2.24, 2.45) is 0 Å². The Labute approximate surface area is 185 Å². The van der Waals surface area contributed by atoms with E-state index >= 15 is 0 Å². The van der Waals surface area contributed by atoms with Crippen LogP contribution >= 0.6 is 0 Å². The molecule has 0 atom stereocenters. The predicted octanol–water partition coefficient (Wildman–Crippen LogP) is 4.33. The first-order valence-corrected chi connectivity index (χ1v) is 11.0. The molecule has 1 aliphatic heterocycles. The monoisotopic (exact) mass is 420 g/mol. The maximum atomic E-state index is 13.5. The van der Waals surface area contributed by atoms with E-state index in [0.29, 0.717) is 50.5 Å². The second-order valence-electron chi connectivity index (χ2n) is 7.85. The first-order chi connectivity index (χ1) is 15.0. The minimum atomic E-state index is -0.214. The highest BCUT2D eigenvalue weighted by Crippen LogP contribution is 2.34. The molecule has 0 aliphatic carbocycles. The molecule has 0 saturated heterocycles. The maximum absolute atomic E-state index is 13.5. The van der Waals surface area contributed by atoms with Crippen LogP contribution < -0.4 is 0 Å². The van der Waals surface area contributed by atoms with Crippen LogP contribution in [0.1, 0.15) is 42.5 Å². The molecule has 0 fully saturated rings. The van der Waals surface area contributed by atoms with E-state index in [2.05, 4.69) is 6.07 Å². The van der Waals surface area contributed by atoms with E-state index in [0.717, 1.165) is 22.3 Å². The number of hydrogen-bond acceptors (Lipinski definition) is 4. The summed E-state index contributed by atoms with van der Waals surface area (Å²) in [6, 6.07) is 16.1. The SMILES string of the molecule is CCOCCCN1C(=O)C(c2ccc(C)cc2C)=C(N(CC)Cc2ccccc2)C1=O. The Bertz CT molecular complexity index is 966. The molecule has 0 bridgehead atoms. The summed E-state index contributed by atoms with van der Waals surface area (Å²) in [6.07, 6.45) is 0.629. The molecular formula is C26H32N2O3. The number of amides is 2. The summed E-state index contributed by atoms with van der Waals surface area (Å²) in [5.74, 6) is -0.427. The molecule has 2 amide bonds. The average molecular weight is 421 g/mol. The summed E-state index contributed by atoms with van der Waals surface area (Å²) >= 11 is 0. The molecule has 2 aromatic rings. The number of rotatable bonds is 10. The van der Waals surface area contributed by atoms with Crippen molar-refractivity contribution < 1.29 is 14.3 Å². The van der Waals surface area contributed by atoms with Crippen molar-refractivity contribution in [2.45, 2.75) is 40.7 Å². The molecule has 0 spiro atoms. The predicted molar refractivity (Wildman–Crippen MR) is 123 cm³/mol. The highest BCUT2D eigenvalue weighted by atomic mass is 16.5. The normalized spacial score (nSPS) is 14.0.